The number of hydrogen-bond acceptors (Lipinski definition) is 2. The lowest BCUT2D eigenvalue weighted by Gasteiger charge is -2.23. The van der Waals surface area contributed by atoms with Crippen LogP contribution in [0.4, 0.5) is 8.78 Å². The van der Waals surface area contributed by atoms with Gasteiger partial charge in [0.1, 0.15) is 5.82 Å². The van der Waals surface area contributed by atoms with Crippen molar-refractivity contribution in [3.05, 3.63) is 29.3 Å². The van der Waals surface area contributed by atoms with Crippen LogP contribution in [-0.4, -0.2) is 6.61 Å². The Labute approximate surface area is 86.5 Å². The Balaban J connectivity index is 0.000000980. The first-order valence-electron chi connectivity index (χ1n) is 4.06. The SMILES string of the molecule is Cl.N[C@H]1CCOc2c(F)cc(F)cc21. The van der Waals surface area contributed by atoms with E-state index in [4.69, 9.17) is 10.5 Å². The number of halogens is 3. The molecule has 2 rings (SSSR count). The summed E-state index contributed by atoms with van der Waals surface area (Å²) in [4.78, 5) is 0. The molecule has 1 aromatic carbocycles. The van der Waals surface area contributed by atoms with Gasteiger partial charge in [0.05, 0.1) is 6.61 Å². The molecule has 0 saturated heterocycles. The van der Waals surface area contributed by atoms with Gasteiger partial charge in [-0.2, -0.15) is 0 Å². The largest absolute Gasteiger partial charge is 0.490 e. The third-order valence-electron chi connectivity index (χ3n) is 2.11. The van der Waals surface area contributed by atoms with Crippen molar-refractivity contribution in [2.45, 2.75) is 12.5 Å². The molecule has 78 valence electrons. The Kier molecular flexibility index (Phi) is 3.29. The van der Waals surface area contributed by atoms with Gasteiger partial charge < -0.3 is 10.5 Å². The maximum absolute atomic E-state index is 13.1. The molecular weight excluding hydrogens is 212 g/mol. The Morgan fingerprint density at radius 1 is 1.36 bits per heavy atom. The van der Waals surface area contributed by atoms with Gasteiger partial charge in [-0.1, -0.05) is 0 Å². The van der Waals surface area contributed by atoms with Crippen LogP contribution in [0.2, 0.25) is 0 Å². The summed E-state index contributed by atoms with van der Waals surface area (Å²) in [7, 11) is 0. The van der Waals surface area contributed by atoms with Crippen LogP contribution in [0.5, 0.6) is 5.75 Å². The summed E-state index contributed by atoms with van der Waals surface area (Å²) in [5.41, 5.74) is 6.09. The number of nitrogens with two attached hydrogens (primary N) is 1. The van der Waals surface area contributed by atoms with Gasteiger partial charge in [0, 0.05) is 24.1 Å². The lowest BCUT2D eigenvalue weighted by Crippen LogP contribution is -2.21. The first-order valence-corrected chi connectivity index (χ1v) is 4.06. The lowest BCUT2D eigenvalue weighted by molar-refractivity contribution is 0.254. The van der Waals surface area contributed by atoms with Gasteiger partial charge in [0.25, 0.3) is 0 Å². The van der Waals surface area contributed by atoms with Crippen molar-refractivity contribution >= 4 is 12.4 Å². The zero-order valence-corrected chi connectivity index (χ0v) is 8.11. The minimum absolute atomic E-state index is 0. The maximum atomic E-state index is 13.1. The van der Waals surface area contributed by atoms with Crippen LogP contribution >= 0.6 is 12.4 Å². The Morgan fingerprint density at radius 2 is 2.07 bits per heavy atom. The van der Waals surface area contributed by atoms with Gasteiger partial charge in [-0.25, -0.2) is 8.78 Å². The lowest BCUT2D eigenvalue weighted by atomic mass is 10.0. The zero-order chi connectivity index (χ0) is 9.42. The monoisotopic (exact) mass is 221 g/mol. The third kappa shape index (κ3) is 1.81. The fourth-order valence-corrected chi connectivity index (χ4v) is 1.45. The minimum Gasteiger partial charge on any atom is -0.490 e. The number of ether oxygens (including phenoxy) is 1. The topological polar surface area (TPSA) is 35.2 Å². The van der Waals surface area contributed by atoms with E-state index in [1.165, 1.54) is 6.07 Å². The van der Waals surface area contributed by atoms with Gasteiger partial charge in [0.2, 0.25) is 0 Å². The van der Waals surface area contributed by atoms with Crippen molar-refractivity contribution in [3.8, 4) is 5.75 Å². The Bertz CT molecular complexity index is 346. The summed E-state index contributed by atoms with van der Waals surface area (Å²) in [6.45, 7) is 0.386. The number of hydrogen-bond donors (Lipinski definition) is 1. The number of rotatable bonds is 0. The van der Waals surface area contributed by atoms with E-state index in [0.717, 1.165) is 6.07 Å². The molecule has 1 aliphatic rings. The second-order valence-corrected chi connectivity index (χ2v) is 3.05. The average molecular weight is 222 g/mol. The van der Waals surface area contributed by atoms with E-state index in [1.54, 1.807) is 0 Å². The minimum atomic E-state index is -0.676. The van der Waals surface area contributed by atoms with Crippen LogP contribution in [0.15, 0.2) is 12.1 Å². The van der Waals surface area contributed by atoms with E-state index < -0.39 is 11.6 Å². The smallest absolute Gasteiger partial charge is 0.168 e. The van der Waals surface area contributed by atoms with Crippen molar-refractivity contribution in [1.29, 1.82) is 0 Å². The first-order chi connectivity index (χ1) is 6.18. The summed E-state index contributed by atoms with van der Waals surface area (Å²) in [5.74, 6) is -1.19. The van der Waals surface area contributed by atoms with E-state index in [1.807, 2.05) is 0 Å². The Morgan fingerprint density at radius 3 is 2.79 bits per heavy atom. The van der Waals surface area contributed by atoms with Crippen molar-refractivity contribution in [2.75, 3.05) is 6.61 Å². The highest BCUT2D eigenvalue weighted by molar-refractivity contribution is 5.85. The van der Waals surface area contributed by atoms with Gasteiger partial charge in [-0.05, 0) is 6.07 Å². The fraction of sp³-hybridized carbons (Fsp3) is 0.333. The van der Waals surface area contributed by atoms with Crippen LogP contribution in [0.25, 0.3) is 0 Å². The van der Waals surface area contributed by atoms with Crippen molar-refractivity contribution in [2.24, 2.45) is 5.73 Å². The second kappa shape index (κ2) is 4.11. The zero-order valence-electron chi connectivity index (χ0n) is 7.30. The van der Waals surface area contributed by atoms with E-state index >= 15 is 0 Å². The first kappa shape index (κ1) is 11.2. The molecule has 0 bridgehead atoms. The molecule has 2 nitrogen and oxygen atoms in total. The highest BCUT2D eigenvalue weighted by Crippen LogP contribution is 2.33. The maximum Gasteiger partial charge on any atom is 0.168 e. The molecular formula is C9H10ClF2NO. The van der Waals surface area contributed by atoms with Crippen LogP contribution in [0.1, 0.15) is 18.0 Å². The molecule has 0 amide bonds. The van der Waals surface area contributed by atoms with Gasteiger partial charge >= 0.3 is 0 Å². The number of fused-ring (bicyclic) bond motifs is 1. The van der Waals surface area contributed by atoms with E-state index in [9.17, 15) is 8.78 Å². The molecule has 0 aliphatic carbocycles. The molecule has 1 aliphatic heterocycles. The van der Waals surface area contributed by atoms with E-state index in [0.29, 0.717) is 18.6 Å². The second-order valence-electron chi connectivity index (χ2n) is 3.05. The number of benzene rings is 1. The van der Waals surface area contributed by atoms with Crippen molar-refractivity contribution < 1.29 is 13.5 Å². The highest BCUT2D eigenvalue weighted by atomic mass is 35.5. The van der Waals surface area contributed by atoms with Crippen molar-refractivity contribution in [1.82, 2.24) is 0 Å². The molecule has 1 atom stereocenters. The molecule has 0 aromatic heterocycles. The van der Waals surface area contributed by atoms with Crippen LogP contribution < -0.4 is 10.5 Å². The quantitative estimate of drug-likeness (QED) is 0.729. The normalized spacial score (nSPS) is 19.2. The standard InChI is InChI=1S/C9H9F2NO.ClH/c10-5-3-6-8(12)1-2-13-9(6)7(11)4-5;/h3-4,8H,1-2,12H2;1H/t8-;/m0./s1. The fourth-order valence-electron chi connectivity index (χ4n) is 1.45. The van der Waals surface area contributed by atoms with Gasteiger partial charge in [0.15, 0.2) is 11.6 Å². The summed E-state index contributed by atoms with van der Waals surface area (Å²) in [6.07, 6.45) is 0.593. The molecule has 0 fully saturated rings. The summed E-state index contributed by atoms with van der Waals surface area (Å²) >= 11 is 0. The predicted molar refractivity (Wildman–Crippen MR) is 50.6 cm³/mol. The molecule has 0 saturated carbocycles. The van der Waals surface area contributed by atoms with Crippen LogP contribution in [0.3, 0.4) is 0 Å². The average Bonchev–Trinajstić information content (AvgIpc) is 2.07. The summed E-state index contributed by atoms with van der Waals surface area (Å²) in [5, 5.41) is 0. The molecule has 14 heavy (non-hydrogen) atoms. The molecule has 0 unspecified atom stereocenters. The molecule has 2 N–H and O–H groups in total. The third-order valence-corrected chi connectivity index (χ3v) is 2.11. The Hall–Kier alpha value is -0.870. The van der Waals surface area contributed by atoms with Gasteiger partial charge in [-0.3, -0.25) is 0 Å². The highest BCUT2D eigenvalue weighted by Gasteiger charge is 2.22. The summed E-state index contributed by atoms with van der Waals surface area (Å²) in [6, 6.07) is 1.70. The molecule has 1 heterocycles. The summed E-state index contributed by atoms with van der Waals surface area (Å²) < 4.78 is 30.9. The van der Waals surface area contributed by atoms with E-state index in [2.05, 4.69) is 0 Å². The molecule has 5 heteroatoms. The van der Waals surface area contributed by atoms with Gasteiger partial charge in [-0.15, -0.1) is 12.4 Å². The molecule has 0 spiro atoms. The molecule has 0 radical (unpaired) electrons. The van der Waals surface area contributed by atoms with Crippen molar-refractivity contribution in [3.63, 3.8) is 0 Å². The predicted octanol–water partition coefficient (Wildman–Crippen LogP) is 2.17. The van der Waals surface area contributed by atoms with Crippen LogP contribution in [0, 0.1) is 11.6 Å². The molecule has 1 aromatic rings. The van der Waals surface area contributed by atoms with E-state index in [-0.39, 0.29) is 24.2 Å². The van der Waals surface area contributed by atoms with Crippen LogP contribution in [-0.2, 0) is 0 Å².